The lowest BCUT2D eigenvalue weighted by atomic mass is 9.89. The molecule has 0 aliphatic carbocycles. The van der Waals surface area contributed by atoms with Crippen molar-refractivity contribution in [2.75, 3.05) is 32.7 Å². The monoisotopic (exact) mass is 288 g/mol. The van der Waals surface area contributed by atoms with Gasteiger partial charge in [0.05, 0.1) is 6.54 Å². The van der Waals surface area contributed by atoms with E-state index < -0.39 is 12.7 Å². The first-order valence-electron chi connectivity index (χ1n) is 6.20. The highest BCUT2D eigenvalue weighted by molar-refractivity contribution is 5.85. The lowest BCUT2D eigenvalue weighted by Crippen LogP contribution is -2.43. The van der Waals surface area contributed by atoms with Gasteiger partial charge in [0.2, 0.25) is 0 Å². The lowest BCUT2D eigenvalue weighted by molar-refractivity contribution is -0.149. The molecule has 1 saturated heterocycles. The number of nitrogens with one attached hydrogen (secondary N) is 1. The van der Waals surface area contributed by atoms with Crippen LogP contribution in [0.4, 0.5) is 13.2 Å². The average molecular weight is 289 g/mol. The van der Waals surface area contributed by atoms with E-state index in [4.69, 9.17) is 0 Å². The molecular weight excluding hydrogens is 265 g/mol. The molecule has 6 heteroatoms. The molecule has 0 saturated carbocycles. The SMILES string of the molecule is CC(C)CN(CC(F)(F)F)CC1(C)CCNC1.Cl. The van der Waals surface area contributed by atoms with Crippen LogP contribution >= 0.6 is 12.4 Å². The first kappa shape index (κ1) is 18.0. The Labute approximate surface area is 114 Å². The standard InChI is InChI=1S/C12H23F3N2.ClH/c1-10(2)6-17(9-12(13,14)15)8-11(3)4-5-16-7-11;/h10,16H,4-9H2,1-3H3;1H. The van der Waals surface area contributed by atoms with Crippen molar-refractivity contribution in [1.29, 1.82) is 0 Å². The molecule has 0 aromatic carbocycles. The summed E-state index contributed by atoms with van der Waals surface area (Å²) in [6.45, 7) is 7.96. The number of rotatable bonds is 5. The predicted octanol–water partition coefficient (Wildman–Crippen LogP) is 2.93. The highest BCUT2D eigenvalue weighted by Gasteiger charge is 2.36. The first-order chi connectivity index (χ1) is 7.70. The highest BCUT2D eigenvalue weighted by Crippen LogP contribution is 2.27. The Kier molecular flexibility index (Phi) is 6.96. The van der Waals surface area contributed by atoms with Crippen molar-refractivity contribution in [2.45, 2.75) is 33.4 Å². The summed E-state index contributed by atoms with van der Waals surface area (Å²) in [5.41, 5.74) is -0.0137. The van der Waals surface area contributed by atoms with Gasteiger partial charge in [-0.3, -0.25) is 4.90 Å². The van der Waals surface area contributed by atoms with Gasteiger partial charge >= 0.3 is 6.18 Å². The Morgan fingerprint density at radius 1 is 1.33 bits per heavy atom. The molecule has 0 spiro atoms. The van der Waals surface area contributed by atoms with E-state index in [0.29, 0.717) is 13.1 Å². The van der Waals surface area contributed by atoms with Crippen molar-refractivity contribution in [1.82, 2.24) is 10.2 Å². The van der Waals surface area contributed by atoms with Crippen LogP contribution in [0.5, 0.6) is 0 Å². The number of halogens is 4. The fourth-order valence-corrected chi connectivity index (χ4v) is 2.50. The van der Waals surface area contributed by atoms with Gasteiger partial charge in [-0.05, 0) is 24.3 Å². The maximum absolute atomic E-state index is 12.5. The van der Waals surface area contributed by atoms with E-state index in [9.17, 15) is 13.2 Å². The molecule has 0 aromatic heterocycles. The van der Waals surface area contributed by atoms with Gasteiger partial charge in [0, 0.05) is 19.6 Å². The third-order valence-corrected chi connectivity index (χ3v) is 3.09. The first-order valence-corrected chi connectivity index (χ1v) is 6.20. The Bertz CT molecular complexity index is 238. The van der Waals surface area contributed by atoms with E-state index in [-0.39, 0.29) is 23.7 Å². The summed E-state index contributed by atoms with van der Waals surface area (Å²) in [5, 5.41) is 3.23. The summed E-state index contributed by atoms with van der Waals surface area (Å²) in [6.07, 6.45) is -3.14. The fraction of sp³-hybridized carbons (Fsp3) is 1.00. The molecule has 2 nitrogen and oxygen atoms in total. The van der Waals surface area contributed by atoms with Gasteiger partial charge in [-0.15, -0.1) is 12.4 Å². The van der Waals surface area contributed by atoms with E-state index in [0.717, 1.165) is 19.5 Å². The Morgan fingerprint density at radius 3 is 2.33 bits per heavy atom. The Balaban J connectivity index is 0.00000289. The summed E-state index contributed by atoms with van der Waals surface area (Å²) < 4.78 is 37.5. The van der Waals surface area contributed by atoms with Gasteiger partial charge in [-0.1, -0.05) is 20.8 Å². The summed E-state index contributed by atoms with van der Waals surface area (Å²) in [4.78, 5) is 1.55. The molecule has 1 unspecified atom stereocenters. The molecule has 1 heterocycles. The van der Waals surface area contributed by atoms with E-state index in [1.54, 1.807) is 4.90 Å². The van der Waals surface area contributed by atoms with Gasteiger partial charge in [0.1, 0.15) is 0 Å². The Morgan fingerprint density at radius 2 is 1.94 bits per heavy atom. The Hall–Kier alpha value is 0. The molecule has 1 atom stereocenters. The molecule has 0 radical (unpaired) electrons. The second-order valence-electron chi connectivity index (χ2n) is 5.92. The summed E-state index contributed by atoms with van der Waals surface area (Å²) in [6, 6.07) is 0. The van der Waals surface area contributed by atoms with Gasteiger partial charge in [-0.25, -0.2) is 0 Å². The molecule has 1 rings (SSSR count). The third kappa shape index (κ3) is 6.81. The smallest absolute Gasteiger partial charge is 0.316 e. The normalized spacial score (nSPS) is 24.7. The molecule has 1 N–H and O–H groups in total. The quantitative estimate of drug-likeness (QED) is 0.837. The maximum Gasteiger partial charge on any atom is 0.401 e. The number of hydrogen-bond donors (Lipinski definition) is 1. The minimum atomic E-state index is -4.10. The van der Waals surface area contributed by atoms with Crippen molar-refractivity contribution in [3.8, 4) is 0 Å². The number of nitrogens with zero attached hydrogens (tertiary/aromatic N) is 1. The fourth-order valence-electron chi connectivity index (χ4n) is 2.50. The predicted molar refractivity (Wildman–Crippen MR) is 70.2 cm³/mol. The number of alkyl halides is 3. The molecule has 0 amide bonds. The van der Waals surface area contributed by atoms with Gasteiger partial charge in [0.25, 0.3) is 0 Å². The van der Waals surface area contributed by atoms with Crippen LogP contribution in [0, 0.1) is 11.3 Å². The van der Waals surface area contributed by atoms with Crippen LogP contribution in [0.1, 0.15) is 27.2 Å². The summed E-state index contributed by atoms with van der Waals surface area (Å²) >= 11 is 0. The molecule has 0 aromatic rings. The van der Waals surface area contributed by atoms with Crippen molar-refractivity contribution < 1.29 is 13.2 Å². The molecule has 18 heavy (non-hydrogen) atoms. The van der Waals surface area contributed by atoms with Gasteiger partial charge in [0.15, 0.2) is 0 Å². The molecule has 110 valence electrons. The minimum Gasteiger partial charge on any atom is -0.316 e. The molecule has 1 aliphatic rings. The largest absolute Gasteiger partial charge is 0.401 e. The van der Waals surface area contributed by atoms with Gasteiger partial charge < -0.3 is 5.32 Å². The molecular formula is C12H24ClF3N2. The minimum absolute atomic E-state index is 0. The van der Waals surface area contributed by atoms with Crippen LogP contribution in [0.25, 0.3) is 0 Å². The van der Waals surface area contributed by atoms with Crippen LogP contribution in [-0.4, -0.2) is 43.8 Å². The van der Waals surface area contributed by atoms with Crippen molar-refractivity contribution in [3.63, 3.8) is 0 Å². The summed E-state index contributed by atoms with van der Waals surface area (Å²) in [5.74, 6) is 0.260. The van der Waals surface area contributed by atoms with Gasteiger partial charge in [-0.2, -0.15) is 13.2 Å². The van der Waals surface area contributed by atoms with E-state index in [1.807, 2.05) is 13.8 Å². The zero-order chi connectivity index (χ0) is 13.1. The third-order valence-electron chi connectivity index (χ3n) is 3.09. The maximum atomic E-state index is 12.5. The van der Waals surface area contributed by atoms with Crippen LogP contribution in [0.15, 0.2) is 0 Å². The summed E-state index contributed by atoms with van der Waals surface area (Å²) in [7, 11) is 0. The van der Waals surface area contributed by atoms with Crippen LogP contribution in [0.3, 0.4) is 0 Å². The zero-order valence-electron chi connectivity index (χ0n) is 11.3. The zero-order valence-corrected chi connectivity index (χ0v) is 12.1. The number of hydrogen-bond acceptors (Lipinski definition) is 2. The van der Waals surface area contributed by atoms with Crippen LogP contribution < -0.4 is 5.32 Å². The molecule has 1 aliphatic heterocycles. The van der Waals surface area contributed by atoms with E-state index in [2.05, 4.69) is 12.2 Å². The second-order valence-corrected chi connectivity index (χ2v) is 5.92. The average Bonchev–Trinajstić information content (AvgIpc) is 2.46. The van der Waals surface area contributed by atoms with Crippen LogP contribution in [0.2, 0.25) is 0 Å². The lowest BCUT2D eigenvalue weighted by Gasteiger charge is -2.33. The highest BCUT2D eigenvalue weighted by atomic mass is 35.5. The van der Waals surface area contributed by atoms with Crippen molar-refractivity contribution >= 4 is 12.4 Å². The van der Waals surface area contributed by atoms with E-state index >= 15 is 0 Å². The van der Waals surface area contributed by atoms with Crippen LogP contribution in [-0.2, 0) is 0 Å². The topological polar surface area (TPSA) is 15.3 Å². The van der Waals surface area contributed by atoms with Crippen molar-refractivity contribution in [3.05, 3.63) is 0 Å². The van der Waals surface area contributed by atoms with Crippen molar-refractivity contribution in [2.24, 2.45) is 11.3 Å². The van der Waals surface area contributed by atoms with E-state index in [1.165, 1.54) is 0 Å². The molecule has 0 bridgehead atoms. The molecule has 1 fully saturated rings. The second kappa shape index (κ2) is 6.96.